The van der Waals surface area contributed by atoms with Gasteiger partial charge in [0.2, 0.25) is 5.88 Å². The Morgan fingerprint density at radius 1 is 1.24 bits per heavy atom. The van der Waals surface area contributed by atoms with Crippen LogP contribution in [-0.2, 0) is 9.47 Å². The zero-order valence-electron chi connectivity index (χ0n) is 19.8. The molecule has 1 aromatic heterocycles. The maximum atomic E-state index is 14.3. The third kappa shape index (κ3) is 4.80. The molecule has 1 aromatic carbocycles. The number of halogens is 1. The standard InChI is InChI=1S/C25H31FN4O4/c1-15-4-5-21(20(26)8-15)29-22-16(2)23(28-14-27-22)34-19-9-17-11-32-12-18(10-19)30(17)24(31)33-13-25(3)6-7-25/h4-5,8,14,17-19H,6-7,9-13H2,1-3H3,(H,27,28,29). The van der Waals surface area contributed by atoms with Crippen molar-refractivity contribution in [3.05, 3.63) is 41.5 Å². The number of aromatic nitrogens is 2. The Kier molecular flexibility index (Phi) is 6.06. The lowest BCUT2D eigenvalue weighted by molar-refractivity contribution is -0.0919. The van der Waals surface area contributed by atoms with Crippen LogP contribution in [0.4, 0.5) is 20.7 Å². The largest absolute Gasteiger partial charge is 0.474 e. The van der Waals surface area contributed by atoms with Crippen molar-refractivity contribution in [1.29, 1.82) is 0 Å². The van der Waals surface area contributed by atoms with E-state index in [1.807, 2.05) is 24.8 Å². The van der Waals surface area contributed by atoms with Crippen LogP contribution in [0, 0.1) is 25.1 Å². The Labute approximate surface area is 198 Å². The Morgan fingerprint density at radius 2 is 1.97 bits per heavy atom. The molecule has 2 bridgehead atoms. The molecule has 2 atom stereocenters. The molecule has 2 aromatic rings. The second kappa shape index (κ2) is 9.02. The van der Waals surface area contributed by atoms with Crippen molar-refractivity contribution in [2.24, 2.45) is 5.41 Å². The van der Waals surface area contributed by atoms with Gasteiger partial charge in [0, 0.05) is 18.3 Å². The molecule has 1 N–H and O–H groups in total. The molecule has 1 saturated carbocycles. The first kappa shape index (κ1) is 22.8. The van der Waals surface area contributed by atoms with Gasteiger partial charge in [-0.25, -0.2) is 19.2 Å². The van der Waals surface area contributed by atoms with E-state index in [1.165, 1.54) is 12.4 Å². The third-order valence-electron chi connectivity index (χ3n) is 7.03. The molecule has 8 nitrogen and oxygen atoms in total. The van der Waals surface area contributed by atoms with Gasteiger partial charge in [0.05, 0.1) is 43.2 Å². The lowest BCUT2D eigenvalue weighted by Gasteiger charge is -2.47. The third-order valence-corrected chi connectivity index (χ3v) is 7.03. The summed E-state index contributed by atoms with van der Waals surface area (Å²) in [4.78, 5) is 23.3. The Morgan fingerprint density at radius 3 is 2.65 bits per heavy atom. The first-order valence-corrected chi connectivity index (χ1v) is 11.9. The van der Waals surface area contributed by atoms with E-state index in [9.17, 15) is 9.18 Å². The highest BCUT2D eigenvalue weighted by Gasteiger charge is 2.45. The molecule has 3 fully saturated rings. The summed E-state index contributed by atoms with van der Waals surface area (Å²) < 4.78 is 32.0. The van der Waals surface area contributed by atoms with Crippen molar-refractivity contribution in [2.75, 3.05) is 25.1 Å². The number of benzene rings is 1. The monoisotopic (exact) mass is 470 g/mol. The molecule has 182 valence electrons. The van der Waals surface area contributed by atoms with E-state index >= 15 is 0 Å². The van der Waals surface area contributed by atoms with Gasteiger partial charge in [-0.3, -0.25) is 4.90 Å². The normalized spacial score (nSPS) is 24.9. The van der Waals surface area contributed by atoms with Crippen molar-refractivity contribution >= 4 is 17.6 Å². The van der Waals surface area contributed by atoms with Gasteiger partial charge >= 0.3 is 6.09 Å². The SMILES string of the molecule is Cc1ccc(Nc2ncnc(OC3CC4COCC(C3)N4C(=O)OCC3(C)CC3)c2C)c(F)c1. The predicted molar refractivity (Wildman–Crippen MR) is 124 cm³/mol. The molecule has 0 spiro atoms. The Bertz CT molecular complexity index is 1060. The number of ether oxygens (including phenoxy) is 3. The number of fused-ring (bicyclic) bond motifs is 2. The molecule has 2 saturated heterocycles. The summed E-state index contributed by atoms with van der Waals surface area (Å²) in [5, 5.41) is 3.04. The summed E-state index contributed by atoms with van der Waals surface area (Å²) in [5.74, 6) is 0.598. The number of hydrogen-bond donors (Lipinski definition) is 1. The predicted octanol–water partition coefficient (Wildman–Crippen LogP) is 4.52. The van der Waals surface area contributed by atoms with Crippen molar-refractivity contribution in [2.45, 2.75) is 64.6 Å². The molecule has 3 heterocycles. The average molecular weight is 471 g/mol. The van der Waals surface area contributed by atoms with Crippen LogP contribution in [0.1, 0.15) is 43.7 Å². The molecule has 0 radical (unpaired) electrons. The van der Waals surface area contributed by atoms with Crippen molar-refractivity contribution < 1.29 is 23.4 Å². The highest BCUT2D eigenvalue weighted by molar-refractivity contribution is 5.69. The minimum Gasteiger partial charge on any atom is -0.474 e. The Balaban J connectivity index is 1.25. The summed E-state index contributed by atoms with van der Waals surface area (Å²) >= 11 is 0. The van der Waals surface area contributed by atoms with E-state index in [1.54, 1.807) is 6.07 Å². The van der Waals surface area contributed by atoms with Gasteiger partial charge in [0.15, 0.2) is 0 Å². The molecule has 2 aliphatic heterocycles. The van der Waals surface area contributed by atoms with Crippen LogP contribution < -0.4 is 10.1 Å². The molecule has 1 amide bonds. The number of nitrogens with one attached hydrogen (secondary N) is 1. The molecule has 34 heavy (non-hydrogen) atoms. The van der Waals surface area contributed by atoms with E-state index < -0.39 is 0 Å². The average Bonchev–Trinajstić information content (AvgIpc) is 3.53. The van der Waals surface area contributed by atoms with Crippen molar-refractivity contribution in [3.8, 4) is 5.88 Å². The van der Waals surface area contributed by atoms with Gasteiger partial charge in [0.1, 0.15) is 24.1 Å². The van der Waals surface area contributed by atoms with Crippen LogP contribution in [0.25, 0.3) is 0 Å². The number of anilines is 2. The quantitative estimate of drug-likeness (QED) is 0.664. The van der Waals surface area contributed by atoms with E-state index in [0.29, 0.717) is 55.6 Å². The molecule has 5 rings (SSSR count). The second-order valence-corrected chi connectivity index (χ2v) is 10.1. The van der Waals surface area contributed by atoms with Crippen LogP contribution in [0.2, 0.25) is 0 Å². The first-order valence-electron chi connectivity index (χ1n) is 11.9. The fourth-order valence-electron chi connectivity index (χ4n) is 4.61. The van der Waals surface area contributed by atoms with E-state index in [-0.39, 0.29) is 35.5 Å². The van der Waals surface area contributed by atoms with Gasteiger partial charge in [-0.05, 0) is 44.4 Å². The second-order valence-electron chi connectivity index (χ2n) is 10.1. The number of aryl methyl sites for hydroxylation is 1. The number of carbonyl (C=O) groups excluding carboxylic acids is 1. The summed E-state index contributed by atoms with van der Waals surface area (Å²) in [6.45, 7) is 7.23. The molecular weight excluding hydrogens is 439 g/mol. The topological polar surface area (TPSA) is 85.8 Å². The zero-order valence-corrected chi connectivity index (χ0v) is 19.8. The first-order chi connectivity index (χ1) is 16.3. The van der Waals surface area contributed by atoms with Gasteiger partial charge in [0.25, 0.3) is 0 Å². The number of rotatable bonds is 6. The number of piperidine rings is 1. The number of amides is 1. The van der Waals surface area contributed by atoms with Crippen LogP contribution in [0.3, 0.4) is 0 Å². The van der Waals surface area contributed by atoms with Gasteiger partial charge in [-0.15, -0.1) is 0 Å². The molecule has 2 unspecified atom stereocenters. The lowest BCUT2D eigenvalue weighted by atomic mass is 9.92. The zero-order chi connectivity index (χ0) is 23.9. The minimum absolute atomic E-state index is 0.0987. The van der Waals surface area contributed by atoms with Crippen LogP contribution in [0.15, 0.2) is 24.5 Å². The minimum atomic E-state index is -0.344. The number of morpholine rings is 1. The maximum Gasteiger partial charge on any atom is 0.410 e. The van der Waals surface area contributed by atoms with E-state index in [4.69, 9.17) is 14.2 Å². The maximum absolute atomic E-state index is 14.3. The van der Waals surface area contributed by atoms with Crippen molar-refractivity contribution in [1.82, 2.24) is 14.9 Å². The van der Waals surface area contributed by atoms with Gasteiger partial charge < -0.3 is 19.5 Å². The van der Waals surface area contributed by atoms with Crippen molar-refractivity contribution in [3.63, 3.8) is 0 Å². The summed E-state index contributed by atoms with van der Waals surface area (Å²) in [6, 6.07) is 4.80. The Hall–Kier alpha value is -2.94. The van der Waals surface area contributed by atoms with Gasteiger partial charge in [-0.2, -0.15) is 0 Å². The summed E-state index contributed by atoms with van der Waals surface area (Å²) in [7, 11) is 0. The summed E-state index contributed by atoms with van der Waals surface area (Å²) in [5.41, 5.74) is 2.04. The van der Waals surface area contributed by atoms with Gasteiger partial charge in [-0.1, -0.05) is 13.0 Å². The van der Waals surface area contributed by atoms with E-state index in [2.05, 4.69) is 22.2 Å². The molecular formula is C25H31FN4O4. The molecule has 9 heteroatoms. The smallest absolute Gasteiger partial charge is 0.410 e. The highest BCUT2D eigenvalue weighted by Crippen LogP contribution is 2.45. The molecule has 1 aliphatic carbocycles. The lowest BCUT2D eigenvalue weighted by Crippen LogP contribution is -2.61. The fourth-order valence-corrected chi connectivity index (χ4v) is 4.61. The number of nitrogens with zero attached hydrogens (tertiary/aromatic N) is 3. The van der Waals surface area contributed by atoms with Crippen LogP contribution in [-0.4, -0.2) is 59.0 Å². The fraction of sp³-hybridized carbons (Fsp3) is 0.560. The highest BCUT2D eigenvalue weighted by atomic mass is 19.1. The number of hydrogen-bond acceptors (Lipinski definition) is 7. The van der Waals surface area contributed by atoms with Crippen LogP contribution >= 0.6 is 0 Å². The summed E-state index contributed by atoms with van der Waals surface area (Å²) in [6.07, 6.45) is 4.50. The molecule has 3 aliphatic rings. The van der Waals surface area contributed by atoms with Crippen LogP contribution in [0.5, 0.6) is 5.88 Å². The number of carbonyl (C=O) groups is 1. The van der Waals surface area contributed by atoms with E-state index in [0.717, 1.165) is 18.4 Å².